The lowest BCUT2D eigenvalue weighted by Gasteiger charge is -2.11. The predicted octanol–water partition coefficient (Wildman–Crippen LogP) is 4.95. The Morgan fingerprint density at radius 1 is 0.889 bits per heavy atom. The van der Waals surface area contributed by atoms with E-state index in [0.717, 1.165) is 35.7 Å². The molecular formula is C22H30N2O3. The van der Waals surface area contributed by atoms with Crippen molar-refractivity contribution in [3.8, 4) is 11.5 Å². The highest BCUT2D eigenvalue weighted by molar-refractivity contribution is 5.93. The Morgan fingerprint density at radius 2 is 1.44 bits per heavy atom. The highest BCUT2D eigenvalue weighted by Gasteiger charge is 2.04. The molecule has 0 atom stereocenters. The molecule has 1 amide bonds. The maximum atomic E-state index is 12.1. The van der Waals surface area contributed by atoms with Crippen molar-refractivity contribution in [3.05, 3.63) is 48.5 Å². The van der Waals surface area contributed by atoms with E-state index in [4.69, 9.17) is 9.47 Å². The van der Waals surface area contributed by atoms with Crippen LogP contribution >= 0.6 is 0 Å². The first-order valence-corrected chi connectivity index (χ1v) is 9.56. The third-order valence-electron chi connectivity index (χ3n) is 3.88. The molecule has 0 aliphatic carbocycles. The molecule has 0 aromatic heterocycles. The zero-order valence-electron chi connectivity index (χ0n) is 16.5. The molecule has 2 rings (SSSR count). The Balaban J connectivity index is 1.73. The lowest BCUT2D eigenvalue weighted by Crippen LogP contribution is -2.21. The van der Waals surface area contributed by atoms with Crippen LogP contribution in [-0.4, -0.2) is 25.7 Å². The van der Waals surface area contributed by atoms with E-state index in [0.29, 0.717) is 19.1 Å². The number of rotatable bonds is 11. The van der Waals surface area contributed by atoms with E-state index in [9.17, 15) is 4.79 Å². The van der Waals surface area contributed by atoms with Crippen molar-refractivity contribution in [2.45, 2.75) is 33.6 Å². The summed E-state index contributed by atoms with van der Waals surface area (Å²) in [5.41, 5.74) is 1.63. The van der Waals surface area contributed by atoms with Crippen LogP contribution in [0.5, 0.6) is 11.5 Å². The van der Waals surface area contributed by atoms with Crippen LogP contribution in [0.15, 0.2) is 48.5 Å². The summed E-state index contributed by atoms with van der Waals surface area (Å²) < 4.78 is 11.2. The van der Waals surface area contributed by atoms with Crippen molar-refractivity contribution in [1.29, 1.82) is 0 Å². The van der Waals surface area contributed by atoms with E-state index in [2.05, 4.69) is 31.4 Å². The highest BCUT2D eigenvalue weighted by atomic mass is 16.5. The summed E-state index contributed by atoms with van der Waals surface area (Å²) in [6.07, 6.45) is 2.00. The van der Waals surface area contributed by atoms with Crippen LogP contribution in [0.3, 0.4) is 0 Å². The lowest BCUT2D eigenvalue weighted by atomic mass is 10.1. The fraction of sp³-hybridized carbons (Fsp3) is 0.409. The van der Waals surface area contributed by atoms with Crippen molar-refractivity contribution >= 4 is 17.3 Å². The molecule has 0 saturated carbocycles. The van der Waals surface area contributed by atoms with Gasteiger partial charge in [0.1, 0.15) is 11.5 Å². The van der Waals surface area contributed by atoms with Crippen LogP contribution in [0.4, 0.5) is 11.4 Å². The van der Waals surface area contributed by atoms with Gasteiger partial charge in [-0.25, -0.2) is 0 Å². The number of anilines is 2. The Morgan fingerprint density at radius 3 is 2.00 bits per heavy atom. The van der Waals surface area contributed by atoms with E-state index in [1.165, 1.54) is 0 Å². The van der Waals surface area contributed by atoms with Gasteiger partial charge in [-0.3, -0.25) is 4.79 Å². The standard InChI is InChI=1S/C22H30N2O3/c1-4-14-26-20-9-5-18(6-10-20)23-16-22(25)24-19-7-11-21(12-8-19)27-15-13-17(2)3/h5-12,17,23H,4,13-16H2,1-3H3,(H,24,25). The maximum absolute atomic E-state index is 12.1. The molecule has 2 aromatic carbocycles. The molecule has 0 saturated heterocycles. The van der Waals surface area contributed by atoms with Crippen LogP contribution < -0.4 is 20.1 Å². The Kier molecular flexibility index (Phi) is 8.49. The molecule has 0 unspecified atom stereocenters. The number of ether oxygens (including phenoxy) is 2. The van der Waals surface area contributed by atoms with Crippen molar-refractivity contribution in [2.75, 3.05) is 30.4 Å². The molecule has 5 heteroatoms. The van der Waals surface area contributed by atoms with Crippen LogP contribution in [-0.2, 0) is 4.79 Å². The first-order chi connectivity index (χ1) is 13.1. The Labute approximate surface area is 162 Å². The second kappa shape index (κ2) is 11.1. The average Bonchev–Trinajstić information content (AvgIpc) is 2.66. The normalized spacial score (nSPS) is 10.5. The molecule has 0 spiro atoms. The molecule has 2 N–H and O–H groups in total. The third kappa shape index (κ3) is 8.03. The van der Waals surface area contributed by atoms with Crippen molar-refractivity contribution in [2.24, 2.45) is 5.92 Å². The molecule has 0 aliphatic heterocycles. The molecule has 27 heavy (non-hydrogen) atoms. The molecule has 5 nitrogen and oxygen atoms in total. The van der Waals surface area contributed by atoms with E-state index in [-0.39, 0.29) is 12.5 Å². The van der Waals surface area contributed by atoms with Gasteiger partial charge in [0.15, 0.2) is 0 Å². The molecule has 146 valence electrons. The summed E-state index contributed by atoms with van der Waals surface area (Å²) in [7, 11) is 0. The highest BCUT2D eigenvalue weighted by Crippen LogP contribution is 2.17. The van der Waals surface area contributed by atoms with Gasteiger partial charge in [-0.1, -0.05) is 20.8 Å². The summed E-state index contributed by atoms with van der Waals surface area (Å²) in [4.78, 5) is 12.1. The molecule has 2 aromatic rings. The average molecular weight is 370 g/mol. The van der Waals surface area contributed by atoms with Gasteiger partial charge in [0.2, 0.25) is 5.91 Å². The van der Waals surface area contributed by atoms with Gasteiger partial charge < -0.3 is 20.1 Å². The topological polar surface area (TPSA) is 59.6 Å². The molecule has 0 radical (unpaired) electrons. The number of nitrogens with one attached hydrogen (secondary N) is 2. The van der Waals surface area contributed by atoms with Crippen LogP contribution in [0, 0.1) is 5.92 Å². The number of carbonyl (C=O) groups excluding carboxylic acids is 1. The fourth-order valence-corrected chi connectivity index (χ4v) is 2.32. The second-order valence-corrected chi connectivity index (χ2v) is 6.83. The zero-order valence-corrected chi connectivity index (χ0v) is 16.5. The predicted molar refractivity (Wildman–Crippen MR) is 111 cm³/mol. The quantitative estimate of drug-likeness (QED) is 0.587. The molecule has 0 heterocycles. The summed E-state index contributed by atoms with van der Waals surface area (Å²) >= 11 is 0. The van der Waals surface area contributed by atoms with Gasteiger partial charge in [0.05, 0.1) is 19.8 Å². The van der Waals surface area contributed by atoms with Gasteiger partial charge in [0, 0.05) is 11.4 Å². The number of hydrogen-bond acceptors (Lipinski definition) is 4. The number of amides is 1. The van der Waals surface area contributed by atoms with Gasteiger partial charge in [0.25, 0.3) is 0 Å². The minimum atomic E-state index is -0.102. The van der Waals surface area contributed by atoms with Crippen molar-refractivity contribution in [3.63, 3.8) is 0 Å². The van der Waals surface area contributed by atoms with E-state index >= 15 is 0 Å². The summed E-state index contributed by atoms with van der Waals surface area (Å²) in [5.74, 6) is 2.17. The van der Waals surface area contributed by atoms with Gasteiger partial charge in [-0.2, -0.15) is 0 Å². The van der Waals surface area contributed by atoms with Crippen molar-refractivity contribution in [1.82, 2.24) is 0 Å². The maximum Gasteiger partial charge on any atom is 0.243 e. The first kappa shape index (κ1) is 20.6. The van der Waals surface area contributed by atoms with Gasteiger partial charge in [-0.05, 0) is 67.3 Å². The number of benzene rings is 2. The van der Waals surface area contributed by atoms with E-state index in [1.807, 2.05) is 48.5 Å². The minimum Gasteiger partial charge on any atom is -0.494 e. The smallest absolute Gasteiger partial charge is 0.243 e. The molecule has 0 fully saturated rings. The third-order valence-corrected chi connectivity index (χ3v) is 3.88. The number of hydrogen-bond donors (Lipinski definition) is 2. The van der Waals surface area contributed by atoms with E-state index in [1.54, 1.807) is 0 Å². The Bertz CT molecular complexity index is 682. The molecule has 0 aliphatic rings. The van der Waals surface area contributed by atoms with E-state index < -0.39 is 0 Å². The summed E-state index contributed by atoms with van der Waals surface area (Å²) in [6.45, 7) is 8.02. The van der Waals surface area contributed by atoms with Crippen LogP contribution in [0.25, 0.3) is 0 Å². The van der Waals surface area contributed by atoms with Crippen LogP contribution in [0.2, 0.25) is 0 Å². The first-order valence-electron chi connectivity index (χ1n) is 9.56. The minimum absolute atomic E-state index is 0.102. The Hall–Kier alpha value is -2.69. The summed E-state index contributed by atoms with van der Waals surface area (Å²) in [5, 5.41) is 5.98. The largest absolute Gasteiger partial charge is 0.494 e. The zero-order chi connectivity index (χ0) is 19.5. The summed E-state index contributed by atoms with van der Waals surface area (Å²) in [6, 6.07) is 15.0. The van der Waals surface area contributed by atoms with Crippen molar-refractivity contribution < 1.29 is 14.3 Å². The van der Waals surface area contributed by atoms with Gasteiger partial charge in [-0.15, -0.1) is 0 Å². The second-order valence-electron chi connectivity index (χ2n) is 6.83. The molecular weight excluding hydrogens is 340 g/mol. The number of carbonyl (C=O) groups is 1. The lowest BCUT2D eigenvalue weighted by molar-refractivity contribution is -0.114. The monoisotopic (exact) mass is 370 g/mol. The van der Waals surface area contributed by atoms with Crippen LogP contribution in [0.1, 0.15) is 33.6 Å². The fourth-order valence-electron chi connectivity index (χ4n) is 2.32. The van der Waals surface area contributed by atoms with Gasteiger partial charge >= 0.3 is 0 Å². The SMILES string of the molecule is CCCOc1ccc(NCC(=O)Nc2ccc(OCCC(C)C)cc2)cc1. The molecule has 0 bridgehead atoms.